The monoisotopic (exact) mass is 271 g/mol. The average molecular weight is 271 g/mol. The van der Waals surface area contributed by atoms with Gasteiger partial charge in [0.1, 0.15) is 12.4 Å². The summed E-state index contributed by atoms with van der Waals surface area (Å²) in [6, 6.07) is 14.0. The third-order valence-corrected chi connectivity index (χ3v) is 3.15. The lowest BCUT2D eigenvalue weighted by Gasteiger charge is -2.08. The Bertz CT molecular complexity index is 581. The Labute approximate surface area is 118 Å². The molecule has 0 radical (unpaired) electrons. The highest BCUT2D eigenvalue weighted by molar-refractivity contribution is 5.44. The first-order valence-electron chi connectivity index (χ1n) is 6.60. The Hall–Kier alpha value is -2.20. The van der Waals surface area contributed by atoms with Gasteiger partial charge < -0.3 is 19.5 Å². The van der Waals surface area contributed by atoms with E-state index in [4.69, 9.17) is 14.2 Å². The van der Waals surface area contributed by atoms with Crippen LogP contribution >= 0.6 is 0 Å². The van der Waals surface area contributed by atoms with Crippen molar-refractivity contribution in [1.29, 1.82) is 0 Å². The lowest BCUT2D eigenvalue weighted by Crippen LogP contribution is -2.04. The summed E-state index contributed by atoms with van der Waals surface area (Å²) in [5, 5.41) is 3.12. The third kappa shape index (κ3) is 2.86. The molecule has 1 heterocycles. The van der Waals surface area contributed by atoms with Crippen LogP contribution in [0.25, 0.3) is 0 Å². The van der Waals surface area contributed by atoms with Crippen molar-refractivity contribution in [3.05, 3.63) is 53.6 Å². The van der Waals surface area contributed by atoms with E-state index in [1.165, 1.54) is 5.56 Å². The molecule has 104 valence electrons. The zero-order valence-electron chi connectivity index (χ0n) is 11.4. The van der Waals surface area contributed by atoms with Crippen LogP contribution in [0, 0.1) is 0 Å². The van der Waals surface area contributed by atoms with Gasteiger partial charge in [-0.1, -0.05) is 18.2 Å². The second kappa shape index (κ2) is 5.84. The van der Waals surface area contributed by atoms with Gasteiger partial charge >= 0.3 is 0 Å². The minimum absolute atomic E-state index is 0.298. The number of nitrogens with one attached hydrogen (secondary N) is 1. The quantitative estimate of drug-likeness (QED) is 0.907. The topological polar surface area (TPSA) is 39.7 Å². The average Bonchev–Trinajstić information content (AvgIpc) is 2.94. The van der Waals surface area contributed by atoms with Gasteiger partial charge in [0.05, 0.1) is 0 Å². The van der Waals surface area contributed by atoms with Gasteiger partial charge in [-0.25, -0.2) is 0 Å². The minimum Gasteiger partial charge on any atom is -0.489 e. The Balaban J connectivity index is 1.61. The van der Waals surface area contributed by atoms with Gasteiger partial charge in [-0.05, 0) is 42.4 Å². The van der Waals surface area contributed by atoms with Crippen LogP contribution in [-0.4, -0.2) is 13.8 Å². The molecule has 2 aromatic carbocycles. The van der Waals surface area contributed by atoms with E-state index in [0.29, 0.717) is 13.4 Å². The predicted molar refractivity (Wildman–Crippen MR) is 76.1 cm³/mol. The van der Waals surface area contributed by atoms with Crippen LogP contribution in [0.15, 0.2) is 42.5 Å². The molecule has 1 aliphatic rings. The maximum Gasteiger partial charge on any atom is 0.231 e. The summed E-state index contributed by atoms with van der Waals surface area (Å²) in [6.45, 7) is 1.68. The van der Waals surface area contributed by atoms with Crippen LogP contribution in [0.2, 0.25) is 0 Å². The summed E-state index contributed by atoms with van der Waals surface area (Å²) < 4.78 is 16.4. The van der Waals surface area contributed by atoms with Gasteiger partial charge in [0.2, 0.25) is 6.79 Å². The van der Waals surface area contributed by atoms with Crippen molar-refractivity contribution in [1.82, 2.24) is 5.32 Å². The molecular formula is C16H17NO3. The van der Waals surface area contributed by atoms with Crippen LogP contribution in [0.3, 0.4) is 0 Å². The van der Waals surface area contributed by atoms with Crippen molar-refractivity contribution in [2.24, 2.45) is 0 Å². The van der Waals surface area contributed by atoms with Crippen LogP contribution < -0.4 is 19.5 Å². The summed E-state index contributed by atoms with van der Waals surface area (Å²) in [4.78, 5) is 0. The first kappa shape index (κ1) is 12.8. The Morgan fingerprint density at radius 3 is 2.55 bits per heavy atom. The molecule has 0 unspecified atom stereocenters. The number of hydrogen-bond donors (Lipinski definition) is 1. The van der Waals surface area contributed by atoms with Crippen molar-refractivity contribution >= 4 is 0 Å². The third-order valence-electron chi connectivity index (χ3n) is 3.15. The van der Waals surface area contributed by atoms with E-state index >= 15 is 0 Å². The highest BCUT2D eigenvalue weighted by Crippen LogP contribution is 2.32. The molecule has 0 amide bonds. The fourth-order valence-electron chi connectivity index (χ4n) is 2.11. The molecule has 0 aliphatic carbocycles. The fraction of sp³-hybridized carbons (Fsp3) is 0.250. The Morgan fingerprint density at radius 2 is 1.75 bits per heavy atom. The van der Waals surface area contributed by atoms with Gasteiger partial charge in [0, 0.05) is 6.54 Å². The minimum atomic E-state index is 0.298. The molecule has 4 heteroatoms. The Morgan fingerprint density at radius 1 is 1.00 bits per heavy atom. The first-order valence-corrected chi connectivity index (χ1v) is 6.60. The molecule has 0 aromatic heterocycles. The van der Waals surface area contributed by atoms with Gasteiger partial charge in [0.15, 0.2) is 11.5 Å². The van der Waals surface area contributed by atoms with E-state index < -0.39 is 0 Å². The largest absolute Gasteiger partial charge is 0.489 e. The number of hydrogen-bond acceptors (Lipinski definition) is 4. The smallest absolute Gasteiger partial charge is 0.231 e. The second-order valence-corrected chi connectivity index (χ2v) is 4.65. The summed E-state index contributed by atoms with van der Waals surface area (Å²) >= 11 is 0. The van der Waals surface area contributed by atoms with Gasteiger partial charge in [0.25, 0.3) is 0 Å². The van der Waals surface area contributed by atoms with E-state index in [1.54, 1.807) is 0 Å². The summed E-state index contributed by atoms with van der Waals surface area (Å²) in [5.41, 5.74) is 2.30. The molecule has 2 aromatic rings. The van der Waals surface area contributed by atoms with Crippen molar-refractivity contribution in [3.63, 3.8) is 0 Å². The normalized spacial score (nSPS) is 12.4. The van der Waals surface area contributed by atoms with Crippen LogP contribution in [0.4, 0.5) is 0 Å². The zero-order chi connectivity index (χ0) is 13.8. The molecule has 3 rings (SSSR count). The van der Waals surface area contributed by atoms with Crippen molar-refractivity contribution in [2.75, 3.05) is 13.8 Å². The van der Waals surface area contributed by atoms with Gasteiger partial charge in [-0.3, -0.25) is 0 Å². The SMILES string of the molecule is CNCc1ccc(OCc2ccc3c(c2)OCO3)cc1. The number of ether oxygens (including phenoxy) is 3. The second-order valence-electron chi connectivity index (χ2n) is 4.65. The highest BCUT2D eigenvalue weighted by Gasteiger charge is 2.13. The molecule has 0 saturated carbocycles. The maximum absolute atomic E-state index is 5.77. The van der Waals surface area contributed by atoms with E-state index in [1.807, 2.05) is 37.4 Å². The van der Waals surface area contributed by atoms with Gasteiger partial charge in [-0.2, -0.15) is 0 Å². The predicted octanol–water partition coefficient (Wildman–Crippen LogP) is 2.71. The van der Waals surface area contributed by atoms with E-state index in [2.05, 4.69) is 17.4 Å². The molecule has 0 fully saturated rings. The summed E-state index contributed by atoms with van der Waals surface area (Å²) in [7, 11) is 1.93. The Kier molecular flexibility index (Phi) is 3.74. The molecule has 0 saturated heterocycles. The molecule has 4 nitrogen and oxygen atoms in total. The van der Waals surface area contributed by atoms with E-state index in [0.717, 1.165) is 29.4 Å². The lowest BCUT2D eigenvalue weighted by atomic mass is 10.2. The summed E-state index contributed by atoms with van der Waals surface area (Å²) in [5.74, 6) is 2.45. The molecule has 0 spiro atoms. The van der Waals surface area contributed by atoms with Gasteiger partial charge in [-0.15, -0.1) is 0 Å². The number of fused-ring (bicyclic) bond motifs is 1. The summed E-state index contributed by atoms with van der Waals surface area (Å²) in [6.07, 6.45) is 0. The zero-order valence-corrected chi connectivity index (χ0v) is 11.4. The molecule has 20 heavy (non-hydrogen) atoms. The van der Waals surface area contributed by atoms with Crippen LogP contribution in [0.5, 0.6) is 17.2 Å². The van der Waals surface area contributed by atoms with Crippen LogP contribution in [-0.2, 0) is 13.2 Å². The lowest BCUT2D eigenvalue weighted by molar-refractivity contribution is 0.174. The number of benzene rings is 2. The van der Waals surface area contributed by atoms with E-state index in [9.17, 15) is 0 Å². The standard InChI is InChI=1S/C16H17NO3/c1-17-9-12-2-5-14(6-3-12)18-10-13-4-7-15-16(8-13)20-11-19-15/h2-8,17H,9-11H2,1H3. The number of rotatable bonds is 5. The molecule has 1 N–H and O–H groups in total. The van der Waals surface area contributed by atoms with Crippen molar-refractivity contribution in [2.45, 2.75) is 13.2 Å². The first-order chi connectivity index (χ1) is 9.85. The molecular weight excluding hydrogens is 254 g/mol. The van der Waals surface area contributed by atoms with Crippen molar-refractivity contribution in [3.8, 4) is 17.2 Å². The molecule has 1 aliphatic heterocycles. The molecule has 0 bridgehead atoms. The fourth-order valence-corrected chi connectivity index (χ4v) is 2.11. The van der Waals surface area contributed by atoms with E-state index in [-0.39, 0.29) is 0 Å². The van der Waals surface area contributed by atoms with Crippen LogP contribution in [0.1, 0.15) is 11.1 Å². The molecule has 0 atom stereocenters. The highest BCUT2D eigenvalue weighted by atomic mass is 16.7. The maximum atomic E-state index is 5.77. The van der Waals surface area contributed by atoms with Crippen molar-refractivity contribution < 1.29 is 14.2 Å².